The van der Waals surface area contributed by atoms with Gasteiger partial charge in [-0.25, -0.2) is 4.98 Å². The highest BCUT2D eigenvalue weighted by molar-refractivity contribution is 7.17. The van der Waals surface area contributed by atoms with E-state index >= 15 is 0 Å². The van der Waals surface area contributed by atoms with Gasteiger partial charge in [-0.2, -0.15) is 0 Å². The number of aryl methyl sites for hydroxylation is 1. The van der Waals surface area contributed by atoms with Gasteiger partial charge in [-0.15, -0.1) is 11.3 Å². The van der Waals surface area contributed by atoms with E-state index in [9.17, 15) is 0 Å². The third-order valence-corrected chi connectivity index (χ3v) is 5.61. The van der Waals surface area contributed by atoms with Crippen LogP contribution in [0.1, 0.15) is 31.9 Å². The van der Waals surface area contributed by atoms with Crippen molar-refractivity contribution in [1.82, 2.24) is 4.98 Å². The molecule has 0 atom stereocenters. The summed E-state index contributed by atoms with van der Waals surface area (Å²) in [5.74, 6) is 0. The predicted octanol–water partition coefficient (Wildman–Crippen LogP) is 6.72. The summed E-state index contributed by atoms with van der Waals surface area (Å²) in [6.07, 6.45) is 0. The number of pyridine rings is 1. The third-order valence-electron chi connectivity index (χ3n) is 4.56. The number of hydrogen-bond donors (Lipinski definition) is 0. The average Bonchev–Trinajstić information content (AvgIpc) is 2.93. The van der Waals surface area contributed by atoms with Crippen molar-refractivity contribution in [2.75, 3.05) is 0 Å². The first-order chi connectivity index (χ1) is 11.4. The topological polar surface area (TPSA) is 12.9 Å². The summed E-state index contributed by atoms with van der Waals surface area (Å²) in [5, 5.41) is 4.80. The molecular formula is C22H21NS. The Kier molecular flexibility index (Phi) is 3.47. The molecule has 4 aromatic rings. The molecule has 0 saturated carbocycles. The van der Waals surface area contributed by atoms with E-state index in [1.165, 1.54) is 32.2 Å². The van der Waals surface area contributed by atoms with Crippen molar-refractivity contribution in [3.63, 3.8) is 0 Å². The Labute approximate surface area is 147 Å². The van der Waals surface area contributed by atoms with Crippen LogP contribution in [0.25, 0.3) is 32.2 Å². The molecule has 1 nitrogen and oxygen atoms in total. The maximum Gasteiger partial charge on any atom is 0.0846 e. The Morgan fingerprint density at radius 2 is 1.75 bits per heavy atom. The molecule has 0 unspecified atom stereocenters. The van der Waals surface area contributed by atoms with Gasteiger partial charge in [0.05, 0.1) is 15.9 Å². The van der Waals surface area contributed by atoms with E-state index in [-0.39, 0.29) is 5.41 Å². The first-order valence-corrected chi connectivity index (χ1v) is 9.20. The van der Waals surface area contributed by atoms with Gasteiger partial charge in [-0.1, -0.05) is 45.0 Å². The van der Waals surface area contributed by atoms with Crippen LogP contribution in [0.15, 0.2) is 53.9 Å². The minimum Gasteiger partial charge on any atom is -0.247 e. The van der Waals surface area contributed by atoms with Gasteiger partial charge >= 0.3 is 0 Å². The second-order valence-electron chi connectivity index (χ2n) is 7.46. The minimum atomic E-state index is 0.0953. The van der Waals surface area contributed by atoms with Gasteiger partial charge < -0.3 is 0 Å². The SMILES string of the molecule is Cc1csc2ccc(-c3cc(C(C)(C)C)c4ccccc4c3)nc12. The quantitative estimate of drug-likeness (QED) is 0.377. The van der Waals surface area contributed by atoms with E-state index in [1.807, 2.05) is 0 Å². The molecule has 0 saturated heterocycles. The summed E-state index contributed by atoms with van der Waals surface area (Å²) in [6, 6.07) is 17.6. The van der Waals surface area contributed by atoms with E-state index in [2.05, 4.69) is 81.6 Å². The molecule has 24 heavy (non-hydrogen) atoms. The highest BCUT2D eigenvalue weighted by Gasteiger charge is 2.18. The van der Waals surface area contributed by atoms with Crippen LogP contribution >= 0.6 is 11.3 Å². The van der Waals surface area contributed by atoms with E-state index < -0.39 is 0 Å². The first-order valence-electron chi connectivity index (χ1n) is 8.32. The number of nitrogens with zero attached hydrogens (tertiary/aromatic N) is 1. The second kappa shape index (κ2) is 5.42. The van der Waals surface area contributed by atoms with E-state index in [1.54, 1.807) is 11.3 Å². The Morgan fingerprint density at radius 1 is 0.958 bits per heavy atom. The lowest BCUT2D eigenvalue weighted by atomic mass is 9.82. The van der Waals surface area contributed by atoms with Crippen molar-refractivity contribution in [3.8, 4) is 11.3 Å². The first kappa shape index (κ1) is 15.3. The van der Waals surface area contributed by atoms with Crippen LogP contribution in [0.4, 0.5) is 0 Å². The van der Waals surface area contributed by atoms with Crippen molar-refractivity contribution < 1.29 is 0 Å². The van der Waals surface area contributed by atoms with Crippen LogP contribution in [0.5, 0.6) is 0 Å². The van der Waals surface area contributed by atoms with Gasteiger partial charge in [0.1, 0.15) is 0 Å². The van der Waals surface area contributed by atoms with Crippen molar-refractivity contribution in [3.05, 3.63) is 65.0 Å². The van der Waals surface area contributed by atoms with Crippen molar-refractivity contribution in [2.45, 2.75) is 33.1 Å². The number of rotatable bonds is 1. The zero-order chi connectivity index (χ0) is 16.9. The zero-order valence-corrected chi connectivity index (χ0v) is 15.4. The minimum absolute atomic E-state index is 0.0953. The van der Waals surface area contributed by atoms with Crippen LogP contribution in [0, 0.1) is 6.92 Å². The lowest BCUT2D eigenvalue weighted by molar-refractivity contribution is 0.596. The molecule has 0 N–H and O–H groups in total. The van der Waals surface area contributed by atoms with Crippen LogP contribution < -0.4 is 0 Å². The molecule has 0 amide bonds. The van der Waals surface area contributed by atoms with E-state index in [0.717, 1.165) is 11.2 Å². The van der Waals surface area contributed by atoms with Gasteiger partial charge in [-0.3, -0.25) is 0 Å². The van der Waals surface area contributed by atoms with Gasteiger partial charge in [-0.05, 0) is 63.9 Å². The van der Waals surface area contributed by atoms with Crippen molar-refractivity contribution in [1.29, 1.82) is 0 Å². The summed E-state index contributed by atoms with van der Waals surface area (Å²) < 4.78 is 1.26. The number of hydrogen-bond acceptors (Lipinski definition) is 2. The average molecular weight is 331 g/mol. The van der Waals surface area contributed by atoms with Crippen LogP contribution in [0.2, 0.25) is 0 Å². The molecular weight excluding hydrogens is 310 g/mol. The lowest BCUT2D eigenvalue weighted by Crippen LogP contribution is -2.12. The molecule has 2 heteroatoms. The summed E-state index contributed by atoms with van der Waals surface area (Å²) in [4.78, 5) is 4.95. The number of benzene rings is 2. The van der Waals surface area contributed by atoms with Gasteiger partial charge in [0.2, 0.25) is 0 Å². The highest BCUT2D eigenvalue weighted by atomic mass is 32.1. The fourth-order valence-electron chi connectivity index (χ4n) is 3.27. The monoisotopic (exact) mass is 331 g/mol. The number of fused-ring (bicyclic) bond motifs is 2. The fourth-order valence-corrected chi connectivity index (χ4v) is 4.15. The molecule has 2 heterocycles. The molecule has 120 valence electrons. The van der Waals surface area contributed by atoms with Gasteiger partial charge in [0.25, 0.3) is 0 Å². The maximum atomic E-state index is 4.95. The number of aromatic nitrogens is 1. The smallest absolute Gasteiger partial charge is 0.0846 e. The molecule has 0 aliphatic rings. The van der Waals surface area contributed by atoms with Gasteiger partial charge in [0, 0.05) is 5.56 Å². The lowest BCUT2D eigenvalue weighted by Gasteiger charge is -2.22. The van der Waals surface area contributed by atoms with Gasteiger partial charge in [0.15, 0.2) is 0 Å². The molecule has 0 aliphatic heterocycles. The standard InChI is InChI=1S/C22H21NS/c1-14-13-24-20-10-9-19(23-21(14)20)16-11-15-7-5-6-8-17(15)18(12-16)22(2,3)4/h5-13H,1-4H3. The van der Waals surface area contributed by atoms with E-state index in [0.29, 0.717) is 0 Å². The normalized spacial score (nSPS) is 12.2. The van der Waals surface area contributed by atoms with E-state index in [4.69, 9.17) is 4.98 Å². The third kappa shape index (κ3) is 2.51. The Bertz CT molecular complexity index is 1050. The fraction of sp³-hybridized carbons (Fsp3) is 0.227. The highest BCUT2D eigenvalue weighted by Crippen LogP contribution is 2.35. The summed E-state index contributed by atoms with van der Waals surface area (Å²) in [6.45, 7) is 8.96. The summed E-state index contributed by atoms with van der Waals surface area (Å²) in [5.41, 5.74) is 6.11. The second-order valence-corrected chi connectivity index (χ2v) is 8.37. The molecule has 0 fully saturated rings. The molecule has 0 spiro atoms. The summed E-state index contributed by atoms with van der Waals surface area (Å²) in [7, 11) is 0. The van der Waals surface area contributed by atoms with Crippen LogP contribution in [-0.4, -0.2) is 4.98 Å². The molecule has 0 radical (unpaired) electrons. The molecule has 2 aromatic heterocycles. The molecule has 0 bridgehead atoms. The predicted molar refractivity (Wildman–Crippen MR) is 106 cm³/mol. The van der Waals surface area contributed by atoms with Crippen molar-refractivity contribution >= 4 is 32.3 Å². The Morgan fingerprint density at radius 3 is 2.54 bits per heavy atom. The molecule has 2 aromatic carbocycles. The van der Waals surface area contributed by atoms with Crippen LogP contribution in [0.3, 0.4) is 0 Å². The summed E-state index contributed by atoms with van der Waals surface area (Å²) >= 11 is 1.77. The zero-order valence-electron chi connectivity index (χ0n) is 14.6. The number of thiophene rings is 1. The molecule has 4 rings (SSSR count). The van der Waals surface area contributed by atoms with Crippen LogP contribution in [-0.2, 0) is 5.41 Å². The maximum absolute atomic E-state index is 4.95. The Balaban J connectivity index is 2.00. The largest absolute Gasteiger partial charge is 0.247 e. The molecule has 0 aliphatic carbocycles. The Hall–Kier alpha value is -2.19. The van der Waals surface area contributed by atoms with Crippen molar-refractivity contribution in [2.24, 2.45) is 0 Å².